The number of H-pyrrole nitrogens is 1. The third-order valence-corrected chi connectivity index (χ3v) is 17.1. The number of phenolic OH excluding ortho intramolecular Hbond substituents is 1. The number of aromatic hydroxyl groups is 1. The number of carbonyl (C=O) groups excluding carboxylic acids is 8. The van der Waals surface area contributed by atoms with E-state index in [1.807, 2.05) is 109 Å². The summed E-state index contributed by atoms with van der Waals surface area (Å²) in [5, 5.41) is 34.4. The number of hydrogen-bond acceptors (Lipinski definition) is 13. The zero-order chi connectivity index (χ0) is 59.7. The van der Waals surface area contributed by atoms with Crippen LogP contribution in [0.5, 0.6) is 5.75 Å². The molecule has 1 fully saturated rings. The van der Waals surface area contributed by atoms with Gasteiger partial charge in [-0.3, -0.25) is 38.4 Å². The minimum Gasteiger partial charge on any atom is -0.508 e. The zero-order valence-electron chi connectivity index (χ0n) is 46.4. The van der Waals surface area contributed by atoms with E-state index in [1.165, 1.54) is 12.1 Å². The van der Waals surface area contributed by atoms with Gasteiger partial charge >= 0.3 is 0 Å². The molecule has 15 N–H and O–H groups in total. The van der Waals surface area contributed by atoms with Crippen LogP contribution in [-0.2, 0) is 64.0 Å². The number of rotatable bonds is 22. The Kier molecular flexibility index (Phi) is 21.8. The lowest BCUT2D eigenvalue weighted by Gasteiger charge is -2.29. The van der Waals surface area contributed by atoms with E-state index in [0.717, 1.165) is 65.2 Å². The molecule has 1 aromatic heterocycles. The third-order valence-electron chi connectivity index (χ3n) is 14.7. The van der Waals surface area contributed by atoms with E-state index >= 15 is 0 Å². The van der Waals surface area contributed by atoms with Crippen molar-refractivity contribution in [3.63, 3.8) is 0 Å². The van der Waals surface area contributed by atoms with E-state index in [9.17, 15) is 43.5 Å². The predicted octanol–water partition coefficient (Wildman–Crippen LogP) is 3.59. The molecule has 1 aliphatic rings. The monoisotopic (exact) mass is 1180 g/mol. The molecule has 0 saturated carbocycles. The molecule has 84 heavy (non-hydrogen) atoms. The van der Waals surface area contributed by atoms with E-state index in [-0.39, 0.29) is 55.8 Å². The van der Waals surface area contributed by atoms with Gasteiger partial charge in [0, 0.05) is 47.9 Å². The van der Waals surface area contributed by atoms with Gasteiger partial charge in [-0.05, 0) is 101 Å². The number of aromatic nitrogens is 1. The van der Waals surface area contributed by atoms with Crippen LogP contribution in [0.25, 0.3) is 32.4 Å². The number of aromatic amines is 1. The number of nitrogens with two attached hydrogens (primary N) is 3. The molecule has 1 aliphatic heterocycles. The van der Waals surface area contributed by atoms with Gasteiger partial charge in [-0.15, -0.1) is 0 Å². The van der Waals surface area contributed by atoms with Crippen molar-refractivity contribution in [2.45, 2.75) is 107 Å². The molecule has 1 saturated heterocycles. The third kappa shape index (κ3) is 16.9. The molecular weight excluding hydrogens is 1110 g/mol. The first-order chi connectivity index (χ1) is 40.5. The second-order valence-corrected chi connectivity index (χ2v) is 23.5. The number of phenols is 1. The Morgan fingerprint density at radius 3 is 1.87 bits per heavy atom. The van der Waals surface area contributed by atoms with Gasteiger partial charge in [-0.1, -0.05) is 144 Å². The molecule has 7 aromatic rings. The molecule has 8 atom stereocenters. The quantitative estimate of drug-likeness (QED) is 0.0342. The van der Waals surface area contributed by atoms with Crippen molar-refractivity contribution in [3.8, 4) is 5.75 Å². The predicted molar refractivity (Wildman–Crippen MR) is 328 cm³/mol. The average molecular weight is 1180 g/mol. The highest BCUT2D eigenvalue weighted by molar-refractivity contribution is 8.76. The summed E-state index contributed by atoms with van der Waals surface area (Å²) >= 11 is 0. The Balaban J connectivity index is 1.05. The SMILES string of the molecule is CC[C@H](NC(=O)[C@H]1CSSC[C@@H](NC(=O)[C@H](Cc2ccc(O)cc2)NC(=O)[C@@H](N)Cc2ccc3ccccc3c2)C(=O)N[C@H](Cc2c[nH]c3ccccc23)C(=O)N[C@@H](CCCCN)C(=O)N1)C(=O)N[C@@H](Cc1ccc2ccccc2c1)C(N)=O. The molecule has 0 aliphatic carbocycles. The van der Waals surface area contributed by atoms with E-state index in [1.54, 1.807) is 25.3 Å². The van der Waals surface area contributed by atoms with E-state index in [4.69, 9.17) is 17.2 Å². The topological polar surface area (TPSA) is 335 Å². The van der Waals surface area contributed by atoms with Crippen molar-refractivity contribution < 1.29 is 43.5 Å². The second-order valence-electron chi connectivity index (χ2n) is 20.9. The number of amides is 8. The molecular formula is C62H71N11O9S2. The lowest BCUT2D eigenvalue weighted by molar-refractivity contribution is -0.135. The van der Waals surface area contributed by atoms with Crippen molar-refractivity contribution >= 4 is 101 Å². The summed E-state index contributed by atoms with van der Waals surface area (Å²) < 4.78 is 0. The summed E-state index contributed by atoms with van der Waals surface area (Å²) in [6.45, 7) is 1.96. The molecule has 8 rings (SSSR count). The van der Waals surface area contributed by atoms with Crippen molar-refractivity contribution in [2.24, 2.45) is 17.2 Å². The highest BCUT2D eigenvalue weighted by Crippen LogP contribution is 2.26. The number of para-hydroxylation sites is 1. The summed E-state index contributed by atoms with van der Waals surface area (Å²) in [6, 6.07) is 30.4. The van der Waals surface area contributed by atoms with Crippen LogP contribution in [0.15, 0.2) is 140 Å². The lowest BCUT2D eigenvalue weighted by Crippen LogP contribution is -2.61. The Morgan fingerprint density at radius 2 is 1.20 bits per heavy atom. The fraction of sp³-hybridized carbons (Fsp3) is 0.323. The molecule has 0 bridgehead atoms. The first-order valence-corrected chi connectivity index (χ1v) is 30.4. The Morgan fingerprint density at radius 1 is 0.619 bits per heavy atom. The number of primary amides is 1. The molecule has 0 spiro atoms. The number of hydrogen-bond donors (Lipinski definition) is 12. The van der Waals surface area contributed by atoms with Gasteiger partial charge < -0.3 is 64.5 Å². The fourth-order valence-corrected chi connectivity index (χ4v) is 12.3. The summed E-state index contributed by atoms with van der Waals surface area (Å²) in [6.07, 6.45) is 2.90. The Bertz CT molecular complexity index is 3490. The molecule has 8 amide bonds. The standard InChI is InChI=1S/C62H71N11O9S2/c1-2-47(57(77)69-50(55(65)75)31-38-19-23-40-12-4-6-14-42(40)28-38)67-61(81)53-34-83-84-35-54(62(82)71-52(32-43-33-66-48-16-8-7-15-45(43)48)60(80)68-49(58(78)72-53)17-9-10-26-63)73-59(79)51(30-36-20-24-44(74)25-21-36)70-56(76)46(64)29-37-18-22-39-11-3-5-13-41(39)27-37/h3-8,11-16,18-25,27-28,33,46-47,49-54,66,74H,2,9-10,17,26,29-32,34-35,63-64H2,1H3,(H2,65,75)(H,67,81)(H,68,80)(H,69,77)(H,70,76)(H,71,82)(H,72,78)(H,73,79)/t46-,47-,49-,50-,51-,52+,53+,54+/m0/s1. The van der Waals surface area contributed by atoms with Crippen molar-refractivity contribution in [1.82, 2.24) is 42.2 Å². The molecule has 440 valence electrons. The Labute approximate surface area is 494 Å². The molecule has 0 radical (unpaired) electrons. The van der Waals surface area contributed by atoms with E-state index in [2.05, 4.69) is 42.2 Å². The first kappa shape index (κ1) is 61.6. The first-order valence-electron chi connectivity index (χ1n) is 28.0. The summed E-state index contributed by atoms with van der Waals surface area (Å²) in [4.78, 5) is 117. The van der Waals surface area contributed by atoms with Gasteiger partial charge in [0.1, 0.15) is 48.0 Å². The van der Waals surface area contributed by atoms with Crippen LogP contribution in [0, 0.1) is 0 Å². The molecule has 0 unspecified atom stereocenters. The van der Waals surface area contributed by atoms with Crippen LogP contribution < -0.4 is 54.4 Å². The molecule has 6 aromatic carbocycles. The highest BCUT2D eigenvalue weighted by Gasteiger charge is 2.36. The summed E-state index contributed by atoms with van der Waals surface area (Å²) in [5.74, 6) is -6.12. The molecule has 2 heterocycles. The second kappa shape index (κ2) is 29.7. The van der Waals surface area contributed by atoms with Crippen molar-refractivity contribution in [3.05, 3.63) is 162 Å². The van der Waals surface area contributed by atoms with Gasteiger partial charge in [0.15, 0.2) is 0 Å². The Hall–Kier alpha value is -8.44. The smallest absolute Gasteiger partial charge is 0.244 e. The normalized spacial score (nSPS) is 18.4. The molecule has 22 heteroatoms. The van der Waals surface area contributed by atoms with Gasteiger partial charge in [0.2, 0.25) is 47.3 Å². The number of nitrogens with one attached hydrogen (secondary N) is 8. The minimum atomic E-state index is -1.37. The van der Waals surface area contributed by atoms with Crippen LogP contribution in [-0.4, -0.2) is 124 Å². The van der Waals surface area contributed by atoms with E-state index in [0.29, 0.717) is 30.5 Å². The van der Waals surface area contributed by atoms with Crippen LogP contribution in [0.2, 0.25) is 0 Å². The number of benzene rings is 6. The fourth-order valence-electron chi connectivity index (χ4n) is 9.97. The largest absolute Gasteiger partial charge is 0.508 e. The highest BCUT2D eigenvalue weighted by atomic mass is 33.1. The number of carbonyl (C=O) groups is 8. The maximum absolute atomic E-state index is 14.8. The van der Waals surface area contributed by atoms with Gasteiger partial charge in [-0.25, -0.2) is 0 Å². The van der Waals surface area contributed by atoms with Crippen molar-refractivity contribution in [1.29, 1.82) is 0 Å². The van der Waals surface area contributed by atoms with Gasteiger partial charge in [-0.2, -0.15) is 0 Å². The number of fused-ring (bicyclic) bond motifs is 3. The van der Waals surface area contributed by atoms with Crippen LogP contribution in [0.4, 0.5) is 0 Å². The maximum atomic E-state index is 14.8. The zero-order valence-corrected chi connectivity index (χ0v) is 48.1. The molecule has 20 nitrogen and oxygen atoms in total. The van der Waals surface area contributed by atoms with Gasteiger partial charge in [0.25, 0.3) is 0 Å². The lowest BCUT2D eigenvalue weighted by atomic mass is 10.0. The van der Waals surface area contributed by atoms with Crippen LogP contribution >= 0.6 is 21.6 Å². The van der Waals surface area contributed by atoms with Crippen LogP contribution in [0.3, 0.4) is 0 Å². The number of unbranched alkanes of at least 4 members (excludes halogenated alkanes) is 1. The summed E-state index contributed by atoms with van der Waals surface area (Å²) in [5.41, 5.74) is 21.7. The minimum absolute atomic E-state index is 0.0165. The summed E-state index contributed by atoms with van der Waals surface area (Å²) in [7, 11) is 2.19. The van der Waals surface area contributed by atoms with Crippen molar-refractivity contribution in [2.75, 3.05) is 18.1 Å². The maximum Gasteiger partial charge on any atom is 0.244 e. The average Bonchev–Trinajstić information content (AvgIpc) is 3.97. The van der Waals surface area contributed by atoms with E-state index < -0.39 is 95.6 Å². The van der Waals surface area contributed by atoms with Crippen LogP contribution in [0.1, 0.15) is 54.9 Å². The van der Waals surface area contributed by atoms with Gasteiger partial charge in [0.05, 0.1) is 6.04 Å².